The lowest BCUT2D eigenvalue weighted by Crippen LogP contribution is -2.52. The van der Waals surface area contributed by atoms with Gasteiger partial charge in [-0.1, -0.05) is 30.3 Å². The molecule has 0 aliphatic heterocycles. The van der Waals surface area contributed by atoms with Crippen molar-refractivity contribution in [1.29, 1.82) is 0 Å². The first kappa shape index (κ1) is 27.4. The predicted octanol–water partition coefficient (Wildman–Crippen LogP) is 0.380. The first-order valence-electron chi connectivity index (χ1n) is 10.4. The second-order valence-electron chi connectivity index (χ2n) is 8.24. The normalized spacial score (nSPS) is 12.5. The molecule has 11 nitrogen and oxygen atoms in total. The molecule has 0 saturated heterocycles. The molecule has 0 radical (unpaired) electrons. The Morgan fingerprint density at radius 3 is 2.06 bits per heavy atom. The van der Waals surface area contributed by atoms with Crippen molar-refractivity contribution in [2.45, 2.75) is 58.9 Å². The number of nitrogens with one attached hydrogen (secondary N) is 4. The van der Waals surface area contributed by atoms with Gasteiger partial charge in [0.05, 0.1) is 6.54 Å². The van der Waals surface area contributed by atoms with Crippen molar-refractivity contribution < 1.29 is 33.4 Å². The molecule has 4 N–H and O–H groups in total. The Bertz CT molecular complexity index is 837. The van der Waals surface area contributed by atoms with Crippen LogP contribution in [0, 0.1) is 0 Å². The summed E-state index contributed by atoms with van der Waals surface area (Å²) in [4.78, 5) is 59.5. The average Bonchev–Trinajstić information content (AvgIpc) is 2.73. The van der Waals surface area contributed by atoms with Crippen molar-refractivity contribution in [1.82, 2.24) is 21.3 Å². The van der Waals surface area contributed by atoms with Gasteiger partial charge in [-0.2, -0.15) is 0 Å². The quantitative estimate of drug-likeness (QED) is 0.365. The largest absolute Gasteiger partial charge is 0.459 e. The van der Waals surface area contributed by atoms with E-state index in [9.17, 15) is 24.0 Å². The molecule has 0 saturated carbocycles. The van der Waals surface area contributed by atoms with Crippen LogP contribution in [0.15, 0.2) is 30.3 Å². The maximum absolute atomic E-state index is 12.2. The molecule has 4 amide bonds. The molecule has 0 spiro atoms. The van der Waals surface area contributed by atoms with Crippen molar-refractivity contribution >= 4 is 29.8 Å². The van der Waals surface area contributed by atoms with Crippen LogP contribution >= 0.6 is 0 Å². The summed E-state index contributed by atoms with van der Waals surface area (Å²) in [6, 6.07) is 7.11. The molecular formula is C22H32N4O7. The van der Waals surface area contributed by atoms with Crippen LogP contribution in [0.1, 0.15) is 40.2 Å². The summed E-state index contributed by atoms with van der Waals surface area (Å²) < 4.78 is 10.1. The molecule has 1 rings (SSSR count). The third kappa shape index (κ3) is 12.1. The van der Waals surface area contributed by atoms with Crippen molar-refractivity contribution in [3.05, 3.63) is 35.9 Å². The molecule has 2 atom stereocenters. The Morgan fingerprint density at radius 1 is 0.848 bits per heavy atom. The highest BCUT2D eigenvalue weighted by Crippen LogP contribution is 2.06. The van der Waals surface area contributed by atoms with Gasteiger partial charge in [-0.05, 0) is 40.2 Å². The van der Waals surface area contributed by atoms with E-state index in [4.69, 9.17) is 9.47 Å². The summed E-state index contributed by atoms with van der Waals surface area (Å²) in [6.07, 6.45) is -0.778. The first-order valence-corrected chi connectivity index (χ1v) is 10.4. The third-order valence-electron chi connectivity index (χ3n) is 3.97. The van der Waals surface area contributed by atoms with Gasteiger partial charge in [0.2, 0.25) is 17.7 Å². The van der Waals surface area contributed by atoms with Gasteiger partial charge >= 0.3 is 12.1 Å². The summed E-state index contributed by atoms with van der Waals surface area (Å²) in [5, 5.41) is 9.48. The molecule has 0 aliphatic carbocycles. The fourth-order valence-corrected chi connectivity index (χ4v) is 2.34. The average molecular weight is 465 g/mol. The lowest BCUT2D eigenvalue weighted by Gasteiger charge is -2.19. The molecule has 0 aliphatic rings. The molecule has 1 aromatic rings. The van der Waals surface area contributed by atoms with Crippen LogP contribution in [0.2, 0.25) is 0 Å². The van der Waals surface area contributed by atoms with Crippen LogP contribution < -0.4 is 21.3 Å². The second-order valence-corrected chi connectivity index (χ2v) is 8.24. The number of rotatable bonds is 10. The Hall–Kier alpha value is -3.63. The van der Waals surface area contributed by atoms with Crippen LogP contribution in [0.3, 0.4) is 0 Å². The van der Waals surface area contributed by atoms with Crippen molar-refractivity contribution in [2.24, 2.45) is 0 Å². The second kappa shape index (κ2) is 13.0. The number of benzene rings is 1. The first-order chi connectivity index (χ1) is 15.4. The SMILES string of the molecule is CC(NC(=O)OCc1ccccc1)C(=O)NC(C)C(=O)NCC(=O)NCC(=O)OC(C)(C)C. The van der Waals surface area contributed by atoms with E-state index in [-0.39, 0.29) is 19.7 Å². The van der Waals surface area contributed by atoms with Crippen LogP contribution in [0.5, 0.6) is 0 Å². The van der Waals surface area contributed by atoms with Crippen LogP contribution in [0.4, 0.5) is 4.79 Å². The molecular weight excluding hydrogens is 432 g/mol. The van der Waals surface area contributed by atoms with Gasteiger partial charge in [0, 0.05) is 0 Å². The number of esters is 1. The van der Waals surface area contributed by atoms with E-state index in [0.717, 1.165) is 5.56 Å². The van der Waals surface area contributed by atoms with E-state index >= 15 is 0 Å². The van der Waals surface area contributed by atoms with E-state index in [0.29, 0.717) is 0 Å². The molecule has 11 heteroatoms. The fourth-order valence-electron chi connectivity index (χ4n) is 2.34. The van der Waals surface area contributed by atoms with Crippen LogP contribution in [0.25, 0.3) is 0 Å². The lowest BCUT2D eigenvalue weighted by molar-refractivity contribution is -0.154. The van der Waals surface area contributed by atoms with E-state index in [2.05, 4.69) is 21.3 Å². The number of alkyl carbamates (subject to hydrolysis) is 1. The lowest BCUT2D eigenvalue weighted by atomic mass is 10.2. The molecule has 1 aromatic carbocycles. The molecule has 33 heavy (non-hydrogen) atoms. The number of hydrogen-bond donors (Lipinski definition) is 4. The summed E-state index contributed by atoms with van der Waals surface area (Å²) >= 11 is 0. The minimum atomic E-state index is -0.972. The van der Waals surface area contributed by atoms with Gasteiger partial charge < -0.3 is 30.7 Å². The number of amides is 4. The standard InChI is InChI=1S/C22H32N4O7/c1-14(19(29)24-11-17(27)23-12-18(28)33-22(3,4)5)25-20(30)15(2)26-21(31)32-13-16-9-7-6-8-10-16/h6-10,14-15H,11-13H2,1-5H3,(H,23,27)(H,24,29)(H,25,30)(H,26,31). The van der Waals surface area contributed by atoms with E-state index in [1.165, 1.54) is 13.8 Å². The molecule has 0 fully saturated rings. The van der Waals surface area contributed by atoms with Gasteiger partial charge in [0.25, 0.3) is 0 Å². The number of carbonyl (C=O) groups excluding carboxylic acids is 5. The van der Waals surface area contributed by atoms with Crippen LogP contribution in [-0.2, 0) is 35.3 Å². The van der Waals surface area contributed by atoms with E-state index in [1.54, 1.807) is 32.9 Å². The number of carbonyl (C=O) groups is 5. The maximum Gasteiger partial charge on any atom is 0.408 e. The minimum Gasteiger partial charge on any atom is -0.459 e. The zero-order chi connectivity index (χ0) is 25.0. The predicted molar refractivity (Wildman–Crippen MR) is 119 cm³/mol. The van der Waals surface area contributed by atoms with Crippen LogP contribution in [-0.4, -0.2) is 60.6 Å². The highest BCUT2D eigenvalue weighted by Gasteiger charge is 2.22. The van der Waals surface area contributed by atoms with Gasteiger partial charge in [-0.15, -0.1) is 0 Å². The van der Waals surface area contributed by atoms with E-state index in [1.807, 2.05) is 18.2 Å². The Balaban J connectivity index is 2.31. The minimum absolute atomic E-state index is 0.0514. The molecule has 0 bridgehead atoms. The number of ether oxygens (including phenoxy) is 2. The molecule has 0 aromatic heterocycles. The summed E-state index contributed by atoms with van der Waals surface area (Å²) in [5.41, 5.74) is 0.124. The Morgan fingerprint density at radius 2 is 1.45 bits per heavy atom. The Kier molecular flexibility index (Phi) is 10.8. The number of hydrogen-bond acceptors (Lipinski definition) is 7. The van der Waals surface area contributed by atoms with Gasteiger partial charge in [-0.3, -0.25) is 19.2 Å². The molecule has 182 valence electrons. The monoisotopic (exact) mass is 464 g/mol. The molecule has 0 heterocycles. The Labute approximate surface area is 193 Å². The summed E-state index contributed by atoms with van der Waals surface area (Å²) in [5.74, 6) is -2.42. The maximum atomic E-state index is 12.2. The summed E-state index contributed by atoms with van der Waals surface area (Å²) in [6.45, 7) is 7.30. The van der Waals surface area contributed by atoms with Gasteiger partial charge in [0.15, 0.2) is 0 Å². The highest BCUT2D eigenvalue weighted by atomic mass is 16.6. The highest BCUT2D eigenvalue weighted by molar-refractivity contribution is 5.92. The van der Waals surface area contributed by atoms with Crippen molar-refractivity contribution in [2.75, 3.05) is 13.1 Å². The fraction of sp³-hybridized carbons (Fsp3) is 0.500. The molecule has 2 unspecified atom stereocenters. The zero-order valence-electron chi connectivity index (χ0n) is 19.5. The van der Waals surface area contributed by atoms with Crippen molar-refractivity contribution in [3.63, 3.8) is 0 Å². The summed E-state index contributed by atoms with van der Waals surface area (Å²) in [7, 11) is 0. The smallest absolute Gasteiger partial charge is 0.408 e. The van der Waals surface area contributed by atoms with Gasteiger partial charge in [0.1, 0.15) is 30.8 Å². The van der Waals surface area contributed by atoms with Gasteiger partial charge in [-0.25, -0.2) is 4.79 Å². The van der Waals surface area contributed by atoms with Crippen molar-refractivity contribution in [3.8, 4) is 0 Å². The third-order valence-corrected chi connectivity index (χ3v) is 3.97. The zero-order valence-corrected chi connectivity index (χ0v) is 19.5. The van der Waals surface area contributed by atoms with E-state index < -0.39 is 47.5 Å². The topological polar surface area (TPSA) is 152 Å².